The summed E-state index contributed by atoms with van der Waals surface area (Å²) in [7, 11) is -1.54. The number of hydrogen-bond acceptors (Lipinski definition) is 4. The monoisotopic (exact) mass is 558 g/mol. The fraction of sp³-hybridized carbons (Fsp3) is 0.286. The average Bonchev–Trinajstić information content (AvgIpc) is 2.91. The lowest BCUT2D eigenvalue weighted by Gasteiger charge is -2.34. The Labute approximate surface area is 228 Å². The molecule has 3 aromatic rings. The van der Waals surface area contributed by atoms with Crippen molar-refractivity contribution in [3.63, 3.8) is 0 Å². The maximum absolute atomic E-state index is 13.9. The molecule has 0 saturated carbocycles. The zero-order valence-electron chi connectivity index (χ0n) is 22.1. The zero-order valence-corrected chi connectivity index (χ0v) is 22.9. The zero-order chi connectivity index (χ0) is 28.6. The molecule has 0 aliphatic carbocycles. The largest absolute Gasteiger partial charge is 0.355 e. The highest BCUT2D eigenvalue weighted by atomic mass is 32.2. The van der Waals surface area contributed by atoms with Crippen LogP contribution in [0.1, 0.15) is 18.1 Å². The van der Waals surface area contributed by atoms with Gasteiger partial charge in [0, 0.05) is 33.6 Å². The molecule has 8 nitrogen and oxygen atoms in total. The SMILES string of the molecule is CCNC(=O)C(Cc1ccccc1)N(Cc1ccc(F)cc1)C(=O)CN(c1ccc(F)cc1)S(=O)(=O)N(C)C. The van der Waals surface area contributed by atoms with Crippen LogP contribution in [0.15, 0.2) is 78.9 Å². The number of nitrogens with zero attached hydrogens (tertiary/aromatic N) is 3. The van der Waals surface area contributed by atoms with Crippen molar-refractivity contribution < 1.29 is 26.8 Å². The molecule has 208 valence electrons. The third-order valence-corrected chi connectivity index (χ3v) is 7.84. The fourth-order valence-electron chi connectivity index (χ4n) is 3.96. The van der Waals surface area contributed by atoms with Crippen molar-refractivity contribution in [2.45, 2.75) is 25.9 Å². The molecular weight excluding hydrogens is 526 g/mol. The van der Waals surface area contributed by atoms with Gasteiger partial charge in [0.15, 0.2) is 0 Å². The van der Waals surface area contributed by atoms with Crippen LogP contribution in [0.2, 0.25) is 0 Å². The van der Waals surface area contributed by atoms with Crippen LogP contribution in [0.4, 0.5) is 14.5 Å². The van der Waals surface area contributed by atoms with Gasteiger partial charge in [-0.15, -0.1) is 0 Å². The van der Waals surface area contributed by atoms with Crippen molar-refractivity contribution in [3.8, 4) is 0 Å². The van der Waals surface area contributed by atoms with E-state index in [1.165, 1.54) is 55.4 Å². The number of amides is 2. The van der Waals surface area contributed by atoms with Gasteiger partial charge >= 0.3 is 10.2 Å². The number of halogens is 2. The third kappa shape index (κ3) is 7.84. The normalized spacial score (nSPS) is 12.2. The van der Waals surface area contributed by atoms with Crippen LogP contribution in [0.25, 0.3) is 0 Å². The molecule has 0 spiro atoms. The van der Waals surface area contributed by atoms with Crippen molar-refractivity contribution in [3.05, 3.63) is 102 Å². The smallest absolute Gasteiger partial charge is 0.304 e. The van der Waals surface area contributed by atoms with E-state index in [1.54, 1.807) is 6.92 Å². The number of carbonyl (C=O) groups excluding carboxylic acids is 2. The number of hydrogen-bond donors (Lipinski definition) is 1. The summed E-state index contributed by atoms with van der Waals surface area (Å²) in [4.78, 5) is 28.5. The van der Waals surface area contributed by atoms with Crippen LogP contribution in [0.3, 0.4) is 0 Å². The quantitative estimate of drug-likeness (QED) is 0.369. The van der Waals surface area contributed by atoms with Crippen LogP contribution in [-0.2, 0) is 32.8 Å². The minimum Gasteiger partial charge on any atom is -0.355 e. The summed E-state index contributed by atoms with van der Waals surface area (Å²) in [6, 6.07) is 18.3. The lowest BCUT2D eigenvalue weighted by molar-refractivity contribution is -0.140. The van der Waals surface area contributed by atoms with Crippen molar-refractivity contribution in [1.29, 1.82) is 0 Å². The molecule has 0 saturated heterocycles. The Morgan fingerprint density at radius 3 is 1.95 bits per heavy atom. The lowest BCUT2D eigenvalue weighted by Crippen LogP contribution is -2.54. The minimum atomic E-state index is -4.18. The number of anilines is 1. The maximum Gasteiger partial charge on any atom is 0.304 e. The second kappa shape index (κ2) is 13.3. The summed E-state index contributed by atoms with van der Waals surface area (Å²) in [5.74, 6) is -2.10. The van der Waals surface area contributed by atoms with E-state index < -0.39 is 46.2 Å². The van der Waals surface area contributed by atoms with Gasteiger partial charge in [0.2, 0.25) is 11.8 Å². The molecule has 1 unspecified atom stereocenters. The van der Waals surface area contributed by atoms with Gasteiger partial charge in [0.05, 0.1) is 5.69 Å². The molecule has 1 N–H and O–H groups in total. The van der Waals surface area contributed by atoms with E-state index in [9.17, 15) is 26.8 Å². The molecule has 0 radical (unpaired) electrons. The highest BCUT2D eigenvalue weighted by Crippen LogP contribution is 2.22. The van der Waals surface area contributed by atoms with Gasteiger partial charge in [-0.05, 0) is 54.4 Å². The van der Waals surface area contributed by atoms with Crippen LogP contribution < -0.4 is 9.62 Å². The Morgan fingerprint density at radius 2 is 1.41 bits per heavy atom. The highest BCUT2D eigenvalue weighted by Gasteiger charge is 2.34. The van der Waals surface area contributed by atoms with E-state index in [4.69, 9.17) is 0 Å². The van der Waals surface area contributed by atoms with E-state index >= 15 is 0 Å². The highest BCUT2D eigenvalue weighted by molar-refractivity contribution is 7.90. The molecule has 0 aliphatic heterocycles. The van der Waals surface area contributed by atoms with Crippen LogP contribution >= 0.6 is 0 Å². The molecule has 0 aliphatic rings. The first-order chi connectivity index (χ1) is 18.5. The van der Waals surface area contributed by atoms with Crippen molar-refractivity contribution >= 4 is 27.7 Å². The van der Waals surface area contributed by atoms with Crippen LogP contribution in [-0.4, -0.2) is 62.7 Å². The predicted molar refractivity (Wildman–Crippen MR) is 146 cm³/mol. The number of likely N-dealkylation sites (N-methyl/N-ethyl adjacent to an activating group) is 1. The Hall–Kier alpha value is -3.83. The van der Waals surface area contributed by atoms with E-state index in [1.807, 2.05) is 30.3 Å². The molecule has 0 aromatic heterocycles. The molecule has 3 aromatic carbocycles. The van der Waals surface area contributed by atoms with Gasteiger partial charge < -0.3 is 10.2 Å². The van der Waals surface area contributed by atoms with Gasteiger partial charge in [-0.2, -0.15) is 12.7 Å². The summed E-state index contributed by atoms with van der Waals surface area (Å²) in [6.45, 7) is 1.34. The summed E-state index contributed by atoms with van der Waals surface area (Å²) >= 11 is 0. The van der Waals surface area contributed by atoms with Gasteiger partial charge in [0.25, 0.3) is 0 Å². The summed E-state index contributed by atoms with van der Waals surface area (Å²) in [5.41, 5.74) is 1.43. The van der Waals surface area contributed by atoms with E-state index in [0.717, 1.165) is 26.3 Å². The molecule has 0 fully saturated rings. The molecule has 39 heavy (non-hydrogen) atoms. The molecular formula is C28H32F2N4O4S. The molecule has 0 heterocycles. The first-order valence-electron chi connectivity index (χ1n) is 12.3. The van der Waals surface area contributed by atoms with E-state index in [0.29, 0.717) is 12.1 Å². The molecule has 1 atom stereocenters. The van der Waals surface area contributed by atoms with Gasteiger partial charge in [-0.25, -0.2) is 13.1 Å². The van der Waals surface area contributed by atoms with Crippen molar-refractivity contribution in [1.82, 2.24) is 14.5 Å². The first-order valence-corrected chi connectivity index (χ1v) is 13.7. The summed E-state index contributed by atoms with van der Waals surface area (Å²) < 4.78 is 55.5. The molecule has 11 heteroatoms. The topological polar surface area (TPSA) is 90.0 Å². The number of benzene rings is 3. The predicted octanol–water partition coefficient (Wildman–Crippen LogP) is 3.35. The maximum atomic E-state index is 13.9. The number of rotatable bonds is 12. The summed E-state index contributed by atoms with van der Waals surface area (Å²) in [5, 5.41) is 2.76. The van der Waals surface area contributed by atoms with E-state index in [2.05, 4.69) is 5.32 Å². The summed E-state index contributed by atoms with van der Waals surface area (Å²) in [6.07, 6.45) is 0.163. The first kappa shape index (κ1) is 29.7. The second-order valence-electron chi connectivity index (χ2n) is 9.02. The molecule has 3 rings (SSSR count). The van der Waals surface area contributed by atoms with Crippen molar-refractivity contribution in [2.24, 2.45) is 0 Å². The lowest BCUT2D eigenvalue weighted by atomic mass is 10.0. The standard InChI is InChI=1S/C28H32F2N4O4S/c1-4-31-28(36)26(18-21-8-6-5-7-9-21)33(19-22-10-12-23(29)13-11-22)27(35)20-34(39(37,38)32(2)3)25-16-14-24(30)15-17-25/h5-17,26H,4,18-20H2,1-3H3,(H,31,36). The average molecular weight is 559 g/mol. The van der Waals surface area contributed by atoms with Crippen LogP contribution in [0, 0.1) is 11.6 Å². The Balaban J connectivity index is 2.06. The van der Waals surface area contributed by atoms with Gasteiger partial charge in [0.1, 0.15) is 24.2 Å². The van der Waals surface area contributed by atoms with Gasteiger partial charge in [-0.3, -0.25) is 9.59 Å². The molecule has 0 bridgehead atoms. The van der Waals surface area contributed by atoms with Crippen LogP contribution in [0.5, 0.6) is 0 Å². The Kier molecular flexibility index (Phi) is 10.1. The number of nitrogens with one attached hydrogen (secondary N) is 1. The third-order valence-electron chi connectivity index (χ3n) is 6.02. The number of carbonyl (C=O) groups is 2. The molecule has 2 amide bonds. The van der Waals surface area contributed by atoms with Crippen molar-refractivity contribution in [2.75, 3.05) is 31.5 Å². The second-order valence-corrected chi connectivity index (χ2v) is 11.1. The Bertz CT molecular complexity index is 1350. The van der Waals surface area contributed by atoms with E-state index in [-0.39, 0.29) is 18.7 Å². The minimum absolute atomic E-state index is 0.0764. The van der Waals surface area contributed by atoms with Gasteiger partial charge in [-0.1, -0.05) is 42.5 Å². The fourth-order valence-corrected chi connectivity index (χ4v) is 5.01. The Morgan fingerprint density at radius 1 is 0.846 bits per heavy atom.